The number of esters is 1. The minimum Gasteiger partial charge on any atom is -0.455 e. The molecule has 2 bridgehead atoms. The predicted octanol–water partition coefficient (Wildman–Crippen LogP) is 4.32. The second-order valence-corrected chi connectivity index (χ2v) is 10.2. The average Bonchev–Trinajstić information content (AvgIpc) is 3.22. The number of amides is 1. The third kappa shape index (κ3) is 4.61. The van der Waals surface area contributed by atoms with Crippen molar-refractivity contribution in [2.24, 2.45) is 35.0 Å². The maximum Gasteiger partial charge on any atom is 0.309 e. The van der Waals surface area contributed by atoms with Crippen LogP contribution in [0.3, 0.4) is 0 Å². The van der Waals surface area contributed by atoms with Crippen LogP contribution in [0.2, 0.25) is 0 Å². The van der Waals surface area contributed by atoms with Crippen molar-refractivity contribution in [3.05, 3.63) is 0 Å². The van der Waals surface area contributed by atoms with Gasteiger partial charge in [-0.1, -0.05) is 27.2 Å². The number of hydrogen-bond donors (Lipinski definition) is 1. The number of ether oxygens (including phenoxy) is 1. The van der Waals surface area contributed by atoms with E-state index in [2.05, 4.69) is 33.0 Å². The molecule has 3 saturated carbocycles. The monoisotopic (exact) mass is 363 g/mol. The van der Waals surface area contributed by atoms with Gasteiger partial charge in [-0.15, -0.1) is 0 Å². The summed E-state index contributed by atoms with van der Waals surface area (Å²) in [6.45, 7) is 8.82. The van der Waals surface area contributed by atoms with Gasteiger partial charge in [0.25, 0.3) is 5.91 Å². The van der Waals surface area contributed by atoms with Crippen LogP contribution in [0, 0.1) is 35.0 Å². The van der Waals surface area contributed by atoms with Gasteiger partial charge in [-0.25, -0.2) is 0 Å². The van der Waals surface area contributed by atoms with Gasteiger partial charge < -0.3 is 10.1 Å². The molecule has 4 atom stereocenters. The molecule has 4 heteroatoms. The van der Waals surface area contributed by atoms with Crippen molar-refractivity contribution in [2.45, 2.75) is 85.1 Å². The fourth-order valence-electron chi connectivity index (χ4n) is 5.76. The lowest BCUT2D eigenvalue weighted by molar-refractivity contribution is -0.154. The quantitative estimate of drug-likeness (QED) is 0.740. The van der Waals surface area contributed by atoms with Crippen molar-refractivity contribution < 1.29 is 14.3 Å². The van der Waals surface area contributed by atoms with Crippen LogP contribution in [0.5, 0.6) is 0 Å². The maximum absolute atomic E-state index is 12.3. The van der Waals surface area contributed by atoms with Crippen LogP contribution in [0.15, 0.2) is 0 Å². The van der Waals surface area contributed by atoms with Gasteiger partial charge in [0, 0.05) is 6.04 Å². The molecule has 0 radical (unpaired) electrons. The Morgan fingerprint density at radius 1 is 1.04 bits per heavy atom. The molecule has 3 fully saturated rings. The van der Waals surface area contributed by atoms with Crippen molar-refractivity contribution in [1.82, 2.24) is 5.32 Å². The molecule has 26 heavy (non-hydrogen) atoms. The van der Waals surface area contributed by atoms with Crippen LogP contribution in [0.25, 0.3) is 0 Å². The van der Waals surface area contributed by atoms with E-state index in [-0.39, 0.29) is 30.4 Å². The van der Waals surface area contributed by atoms with Gasteiger partial charge in [0.1, 0.15) is 0 Å². The molecule has 0 saturated heterocycles. The standard InChI is InChI=1S/C22H37NO3/c1-14(19-12-15-5-6-17(19)11-15)23-20(24)13-26-21(25)16-7-9-18(10-8-16)22(2,3)4/h14-19H,5-13H2,1-4H3,(H,23,24)/t14-,15-,16?,17-,18?,19+/m0/s1. The SMILES string of the molecule is C[C@H](NC(=O)COC(=O)C1CCC(C(C)(C)C)CC1)[C@H]1C[C@H]2CC[C@H]1C2. The van der Waals surface area contributed by atoms with E-state index in [0.29, 0.717) is 17.3 Å². The molecule has 1 amide bonds. The Morgan fingerprint density at radius 2 is 1.73 bits per heavy atom. The van der Waals surface area contributed by atoms with E-state index in [1.54, 1.807) is 0 Å². The molecule has 3 aliphatic rings. The van der Waals surface area contributed by atoms with Crippen LogP contribution >= 0.6 is 0 Å². The Bertz CT molecular complexity index is 516. The molecular formula is C22H37NO3. The van der Waals surface area contributed by atoms with E-state index in [1.807, 2.05) is 0 Å². The predicted molar refractivity (Wildman–Crippen MR) is 102 cm³/mol. The molecular weight excluding hydrogens is 326 g/mol. The van der Waals surface area contributed by atoms with Gasteiger partial charge in [0.15, 0.2) is 6.61 Å². The zero-order chi connectivity index (χ0) is 18.9. The van der Waals surface area contributed by atoms with E-state index in [0.717, 1.165) is 37.5 Å². The highest BCUT2D eigenvalue weighted by molar-refractivity contribution is 5.81. The molecule has 148 valence electrons. The number of rotatable bonds is 5. The lowest BCUT2D eigenvalue weighted by atomic mass is 9.70. The smallest absolute Gasteiger partial charge is 0.309 e. The van der Waals surface area contributed by atoms with Crippen molar-refractivity contribution in [3.63, 3.8) is 0 Å². The Labute approximate surface area is 158 Å². The van der Waals surface area contributed by atoms with Gasteiger partial charge in [-0.3, -0.25) is 9.59 Å². The molecule has 3 rings (SSSR count). The molecule has 1 N–H and O–H groups in total. The summed E-state index contributed by atoms with van der Waals surface area (Å²) in [7, 11) is 0. The van der Waals surface area contributed by atoms with Crippen molar-refractivity contribution in [2.75, 3.05) is 6.61 Å². The lowest BCUT2D eigenvalue weighted by Crippen LogP contribution is -2.42. The third-order valence-electron chi connectivity index (χ3n) is 7.45. The maximum atomic E-state index is 12.3. The summed E-state index contributed by atoms with van der Waals surface area (Å²) < 4.78 is 5.34. The van der Waals surface area contributed by atoms with Gasteiger partial charge in [-0.2, -0.15) is 0 Å². The topological polar surface area (TPSA) is 55.4 Å². The minimum absolute atomic E-state index is 0.0237. The van der Waals surface area contributed by atoms with Gasteiger partial charge >= 0.3 is 5.97 Å². The summed E-state index contributed by atoms with van der Waals surface area (Å²) >= 11 is 0. The highest BCUT2D eigenvalue weighted by Crippen LogP contribution is 2.49. The molecule has 3 aliphatic carbocycles. The zero-order valence-electron chi connectivity index (χ0n) is 17.1. The molecule has 0 aliphatic heterocycles. The lowest BCUT2D eigenvalue weighted by Gasteiger charge is -2.36. The minimum atomic E-state index is -0.180. The second-order valence-electron chi connectivity index (χ2n) is 10.2. The van der Waals surface area contributed by atoms with Gasteiger partial charge in [0.2, 0.25) is 0 Å². The first-order valence-corrected chi connectivity index (χ1v) is 10.7. The number of carbonyl (C=O) groups is 2. The fraction of sp³-hybridized carbons (Fsp3) is 0.909. The highest BCUT2D eigenvalue weighted by atomic mass is 16.5. The van der Waals surface area contributed by atoms with Gasteiger partial charge in [0.05, 0.1) is 5.92 Å². The van der Waals surface area contributed by atoms with E-state index < -0.39 is 0 Å². The first-order valence-electron chi connectivity index (χ1n) is 10.7. The van der Waals surface area contributed by atoms with Crippen molar-refractivity contribution in [3.8, 4) is 0 Å². The molecule has 0 spiro atoms. The summed E-state index contributed by atoms with van der Waals surface area (Å²) in [5.74, 6) is 2.61. The normalized spacial score (nSPS) is 35.2. The Kier molecular flexibility index (Phi) is 5.98. The Balaban J connectivity index is 1.36. The van der Waals surface area contributed by atoms with Crippen LogP contribution in [-0.4, -0.2) is 24.5 Å². The molecule has 0 unspecified atom stereocenters. The van der Waals surface area contributed by atoms with E-state index >= 15 is 0 Å². The fourth-order valence-corrected chi connectivity index (χ4v) is 5.76. The van der Waals surface area contributed by atoms with Crippen LogP contribution in [0.1, 0.15) is 79.1 Å². The highest BCUT2D eigenvalue weighted by Gasteiger charge is 2.42. The summed E-state index contributed by atoms with van der Waals surface area (Å²) in [6, 6.07) is 0.193. The number of carbonyl (C=O) groups excluding carboxylic acids is 2. The zero-order valence-corrected chi connectivity index (χ0v) is 17.1. The molecule has 4 nitrogen and oxygen atoms in total. The second kappa shape index (κ2) is 7.90. The Morgan fingerprint density at radius 3 is 2.27 bits per heavy atom. The molecule has 0 heterocycles. The summed E-state index contributed by atoms with van der Waals surface area (Å²) in [5, 5.41) is 3.08. The first-order chi connectivity index (χ1) is 12.2. The summed E-state index contributed by atoms with van der Waals surface area (Å²) in [5.41, 5.74) is 0.310. The first kappa shape index (κ1) is 19.7. The molecule has 0 aromatic rings. The Hall–Kier alpha value is -1.06. The van der Waals surface area contributed by atoms with Crippen LogP contribution in [0.4, 0.5) is 0 Å². The molecule has 0 aromatic carbocycles. The third-order valence-corrected chi connectivity index (χ3v) is 7.45. The molecule has 0 aromatic heterocycles. The number of hydrogen-bond acceptors (Lipinski definition) is 3. The van der Waals surface area contributed by atoms with Crippen molar-refractivity contribution in [1.29, 1.82) is 0 Å². The van der Waals surface area contributed by atoms with Crippen LogP contribution < -0.4 is 5.32 Å². The van der Waals surface area contributed by atoms with Gasteiger partial charge in [-0.05, 0) is 81.0 Å². The van der Waals surface area contributed by atoms with E-state index in [9.17, 15) is 9.59 Å². The summed E-state index contributed by atoms with van der Waals surface area (Å²) in [4.78, 5) is 24.5. The number of nitrogens with one attached hydrogen (secondary N) is 1. The average molecular weight is 364 g/mol. The van der Waals surface area contributed by atoms with E-state index in [4.69, 9.17) is 4.74 Å². The summed E-state index contributed by atoms with van der Waals surface area (Å²) in [6.07, 6.45) is 9.24. The van der Waals surface area contributed by atoms with Crippen molar-refractivity contribution >= 4 is 11.9 Å². The van der Waals surface area contributed by atoms with E-state index in [1.165, 1.54) is 25.7 Å². The largest absolute Gasteiger partial charge is 0.455 e. The number of fused-ring (bicyclic) bond motifs is 2. The van der Waals surface area contributed by atoms with Crippen LogP contribution in [-0.2, 0) is 14.3 Å².